The lowest BCUT2D eigenvalue weighted by Gasteiger charge is -2.09. The average molecular weight is 354 g/mol. The molecule has 2 aromatic rings. The van der Waals surface area contributed by atoms with Gasteiger partial charge in [-0.3, -0.25) is 14.9 Å². The summed E-state index contributed by atoms with van der Waals surface area (Å²) in [7, 11) is 0. The van der Waals surface area contributed by atoms with Crippen LogP contribution in [0.15, 0.2) is 33.7 Å². The van der Waals surface area contributed by atoms with Gasteiger partial charge < -0.3 is 5.11 Å². The zero-order chi connectivity index (χ0) is 15.7. The van der Waals surface area contributed by atoms with Crippen LogP contribution in [0, 0.1) is 17.0 Å². The van der Waals surface area contributed by atoms with E-state index < -0.39 is 22.0 Å². The summed E-state index contributed by atoms with van der Waals surface area (Å²) in [4.78, 5) is 32.9. The lowest BCUT2D eigenvalue weighted by molar-refractivity contribution is -0.384. The Morgan fingerprint density at radius 3 is 2.71 bits per heavy atom. The number of hydrogen-bond donors (Lipinski definition) is 1. The fourth-order valence-electron chi connectivity index (χ4n) is 1.66. The molecule has 108 valence electrons. The number of nitro benzene ring substituents is 1. The Bertz CT molecular complexity index is 815. The molecule has 0 aliphatic heterocycles. The first kappa shape index (κ1) is 14.9. The van der Waals surface area contributed by atoms with Gasteiger partial charge in [0.15, 0.2) is 0 Å². The lowest BCUT2D eigenvalue weighted by Crippen LogP contribution is -2.23. The van der Waals surface area contributed by atoms with Crippen molar-refractivity contribution in [3.63, 3.8) is 0 Å². The van der Waals surface area contributed by atoms with E-state index in [2.05, 4.69) is 21.0 Å². The van der Waals surface area contributed by atoms with Crippen LogP contribution in [0.2, 0.25) is 0 Å². The van der Waals surface area contributed by atoms with Gasteiger partial charge in [0.1, 0.15) is 0 Å². The van der Waals surface area contributed by atoms with E-state index >= 15 is 0 Å². The summed E-state index contributed by atoms with van der Waals surface area (Å²) >= 11 is 3.21. The molecule has 0 bridgehead atoms. The van der Waals surface area contributed by atoms with Crippen LogP contribution in [0.25, 0.3) is 5.69 Å². The minimum Gasteiger partial charge on any atom is -0.476 e. The third-order valence-electron chi connectivity index (χ3n) is 2.69. The minimum atomic E-state index is -1.46. The lowest BCUT2D eigenvalue weighted by atomic mass is 10.2. The number of nitro groups is 1. The van der Waals surface area contributed by atoms with Crippen LogP contribution in [-0.4, -0.2) is 25.8 Å². The van der Waals surface area contributed by atoms with Gasteiger partial charge in [-0.1, -0.05) is 0 Å². The first-order valence-corrected chi connectivity index (χ1v) is 6.38. The highest BCUT2D eigenvalue weighted by atomic mass is 79.9. The van der Waals surface area contributed by atoms with Crippen LogP contribution in [0.3, 0.4) is 0 Å². The van der Waals surface area contributed by atoms with Crippen molar-refractivity contribution < 1.29 is 14.8 Å². The Hall–Kier alpha value is -2.55. The van der Waals surface area contributed by atoms with Crippen molar-refractivity contribution in [3.05, 3.63) is 60.5 Å². The molecule has 21 heavy (non-hydrogen) atoms. The molecule has 0 spiro atoms. The zero-order valence-electron chi connectivity index (χ0n) is 10.6. The van der Waals surface area contributed by atoms with Crippen LogP contribution in [-0.2, 0) is 0 Å². The Morgan fingerprint density at radius 2 is 2.14 bits per heavy atom. The number of carboxylic acid groups (broad SMARTS) is 1. The number of nitrogens with zero attached hydrogens (tertiary/aromatic N) is 3. The molecule has 9 heteroatoms. The summed E-state index contributed by atoms with van der Waals surface area (Å²) < 4.78 is 1.59. The molecule has 1 aromatic carbocycles. The predicted octanol–water partition coefficient (Wildman–Crippen LogP) is 1.91. The first-order chi connectivity index (χ1) is 9.81. The number of hydrogen-bond acceptors (Lipinski definition) is 5. The van der Waals surface area contributed by atoms with Crippen LogP contribution < -0.4 is 5.43 Å². The third kappa shape index (κ3) is 2.82. The Labute approximate surface area is 125 Å². The second kappa shape index (κ2) is 5.44. The van der Waals surface area contributed by atoms with Gasteiger partial charge in [-0.2, -0.15) is 5.10 Å². The van der Waals surface area contributed by atoms with E-state index in [0.717, 1.165) is 4.68 Å². The van der Waals surface area contributed by atoms with Crippen molar-refractivity contribution in [2.75, 3.05) is 0 Å². The van der Waals surface area contributed by atoms with Crippen LogP contribution in [0.1, 0.15) is 16.1 Å². The van der Waals surface area contributed by atoms with Gasteiger partial charge in [0.25, 0.3) is 5.69 Å². The van der Waals surface area contributed by atoms with Crippen molar-refractivity contribution in [1.82, 2.24) is 9.78 Å². The molecule has 0 atom stereocenters. The molecule has 0 amide bonds. The number of rotatable bonds is 3. The number of halogens is 1. The van der Waals surface area contributed by atoms with Gasteiger partial charge in [0.05, 0.1) is 10.6 Å². The van der Waals surface area contributed by atoms with Gasteiger partial charge >= 0.3 is 5.97 Å². The molecule has 0 aliphatic carbocycles. The van der Waals surface area contributed by atoms with Crippen LogP contribution in [0.4, 0.5) is 5.69 Å². The summed E-state index contributed by atoms with van der Waals surface area (Å²) in [5.74, 6) is -1.46. The molecule has 8 nitrogen and oxygen atoms in total. The summed E-state index contributed by atoms with van der Waals surface area (Å²) in [5.41, 5.74) is -1.09. The van der Waals surface area contributed by atoms with Gasteiger partial charge in [-0.05, 0) is 28.9 Å². The van der Waals surface area contributed by atoms with E-state index in [-0.39, 0.29) is 16.9 Å². The molecule has 0 saturated carbocycles. The number of aryl methyl sites for hydroxylation is 1. The first-order valence-electron chi connectivity index (χ1n) is 5.59. The number of carboxylic acids is 1. The second-order valence-corrected chi connectivity index (χ2v) is 4.99. The van der Waals surface area contributed by atoms with E-state index in [1.165, 1.54) is 31.3 Å². The van der Waals surface area contributed by atoms with Gasteiger partial charge in [-0.25, -0.2) is 9.48 Å². The smallest absolute Gasteiger partial charge is 0.360 e. The molecule has 0 radical (unpaired) electrons. The quantitative estimate of drug-likeness (QED) is 0.665. The number of carbonyl (C=O) groups is 1. The highest BCUT2D eigenvalue weighted by molar-refractivity contribution is 9.10. The minimum absolute atomic E-state index is 0.167. The highest BCUT2D eigenvalue weighted by Gasteiger charge is 2.17. The normalized spacial score (nSPS) is 10.4. The van der Waals surface area contributed by atoms with E-state index in [4.69, 9.17) is 5.11 Å². The van der Waals surface area contributed by atoms with Crippen molar-refractivity contribution in [1.29, 1.82) is 0 Å². The largest absolute Gasteiger partial charge is 0.476 e. The van der Waals surface area contributed by atoms with E-state index in [9.17, 15) is 19.7 Å². The van der Waals surface area contributed by atoms with Gasteiger partial charge in [0, 0.05) is 28.4 Å². The predicted molar refractivity (Wildman–Crippen MR) is 75.9 cm³/mol. The van der Waals surface area contributed by atoms with E-state index in [1.807, 2.05) is 0 Å². The van der Waals surface area contributed by atoms with Crippen LogP contribution in [0.5, 0.6) is 0 Å². The monoisotopic (exact) mass is 353 g/mol. The average Bonchev–Trinajstić information content (AvgIpc) is 2.41. The maximum Gasteiger partial charge on any atom is 0.360 e. The maximum atomic E-state index is 11.7. The molecule has 1 heterocycles. The molecule has 2 rings (SSSR count). The molecule has 0 saturated heterocycles. The summed E-state index contributed by atoms with van der Waals surface area (Å²) in [6.45, 7) is 1.44. The summed E-state index contributed by atoms with van der Waals surface area (Å²) in [5, 5.41) is 23.5. The van der Waals surface area contributed by atoms with E-state index in [0.29, 0.717) is 4.47 Å². The Balaban J connectivity index is 2.73. The fraction of sp³-hybridized carbons (Fsp3) is 0.0833. The number of aromatic nitrogens is 2. The van der Waals surface area contributed by atoms with Crippen molar-refractivity contribution in [3.8, 4) is 5.69 Å². The number of benzene rings is 1. The number of aromatic carboxylic acids is 1. The molecule has 1 N–H and O–H groups in total. The molecular formula is C12H8BrN3O5. The Kier molecular flexibility index (Phi) is 3.85. The second-order valence-electron chi connectivity index (χ2n) is 4.13. The van der Waals surface area contributed by atoms with Crippen molar-refractivity contribution in [2.24, 2.45) is 0 Å². The van der Waals surface area contributed by atoms with Crippen molar-refractivity contribution in [2.45, 2.75) is 6.92 Å². The van der Waals surface area contributed by atoms with Crippen molar-refractivity contribution >= 4 is 27.6 Å². The van der Waals surface area contributed by atoms with Gasteiger partial charge in [0.2, 0.25) is 11.1 Å². The Morgan fingerprint density at radius 1 is 1.48 bits per heavy atom. The highest BCUT2D eigenvalue weighted by Crippen LogP contribution is 2.25. The van der Waals surface area contributed by atoms with Gasteiger partial charge in [-0.15, -0.1) is 0 Å². The summed E-state index contributed by atoms with van der Waals surface area (Å²) in [6, 6.07) is 3.97. The molecule has 1 aromatic heterocycles. The fourth-order valence-corrected chi connectivity index (χ4v) is 2.09. The molecule has 0 fully saturated rings. The number of non-ortho nitro benzene ring substituents is 1. The molecular weight excluding hydrogens is 346 g/mol. The zero-order valence-corrected chi connectivity index (χ0v) is 12.2. The maximum absolute atomic E-state index is 11.7. The SMILES string of the molecule is Cc1cn(-c2cc([N+](=O)[O-])ccc2Br)nc(C(=O)O)c1=O. The van der Waals surface area contributed by atoms with Crippen LogP contribution >= 0.6 is 15.9 Å². The molecule has 0 aliphatic rings. The topological polar surface area (TPSA) is 115 Å². The third-order valence-corrected chi connectivity index (χ3v) is 3.36. The van der Waals surface area contributed by atoms with E-state index in [1.54, 1.807) is 0 Å². The summed E-state index contributed by atoms with van der Waals surface area (Å²) in [6.07, 6.45) is 1.32. The molecule has 0 unspecified atom stereocenters. The standard InChI is InChI=1S/C12H8BrN3O5/c1-6-5-15(14-10(11(6)17)12(18)19)9-4-7(16(20)21)2-3-8(9)13/h2-5H,1H3,(H,18,19).